The van der Waals surface area contributed by atoms with E-state index in [4.69, 9.17) is 0 Å². The molecule has 0 unspecified atom stereocenters. The summed E-state index contributed by atoms with van der Waals surface area (Å²) in [6.07, 6.45) is 8.76. The van der Waals surface area contributed by atoms with E-state index >= 15 is 4.39 Å². The van der Waals surface area contributed by atoms with E-state index < -0.39 is 0 Å². The molecule has 1 fully saturated rings. The molecule has 2 aromatic rings. The minimum Gasteiger partial charge on any atom is -0.207 e. The summed E-state index contributed by atoms with van der Waals surface area (Å²) in [4.78, 5) is 0. The van der Waals surface area contributed by atoms with Gasteiger partial charge in [0.15, 0.2) is 0 Å². The molecule has 1 saturated carbocycles. The second-order valence-electron chi connectivity index (χ2n) is 7.23. The fourth-order valence-electron chi connectivity index (χ4n) is 4.08. The van der Waals surface area contributed by atoms with Gasteiger partial charge in [0.2, 0.25) is 0 Å². The number of benzene rings is 2. The van der Waals surface area contributed by atoms with Crippen LogP contribution in [0.15, 0.2) is 49.1 Å². The predicted octanol–water partition coefficient (Wildman–Crippen LogP) is 7.18. The van der Waals surface area contributed by atoms with Gasteiger partial charge in [0.05, 0.1) is 0 Å². The highest BCUT2D eigenvalue weighted by molar-refractivity contribution is 5.68. The third-order valence-corrected chi connectivity index (χ3v) is 5.64. The molecule has 25 heavy (non-hydrogen) atoms. The lowest BCUT2D eigenvalue weighted by Crippen LogP contribution is -2.14. The molecule has 0 bridgehead atoms. The molecule has 1 aliphatic carbocycles. The van der Waals surface area contributed by atoms with Crippen molar-refractivity contribution in [1.29, 1.82) is 0 Å². The van der Waals surface area contributed by atoms with Crippen LogP contribution in [0.3, 0.4) is 0 Å². The number of halogens is 2. The van der Waals surface area contributed by atoms with Gasteiger partial charge in [-0.15, -0.1) is 6.58 Å². The molecule has 0 heterocycles. The van der Waals surface area contributed by atoms with Gasteiger partial charge in [-0.1, -0.05) is 30.3 Å². The molecule has 2 aromatic carbocycles. The van der Waals surface area contributed by atoms with Crippen molar-refractivity contribution < 1.29 is 8.78 Å². The zero-order valence-corrected chi connectivity index (χ0v) is 14.9. The van der Waals surface area contributed by atoms with Crippen molar-refractivity contribution in [3.8, 4) is 11.1 Å². The van der Waals surface area contributed by atoms with Crippen molar-refractivity contribution in [2.45, 2.75) is 51.4 Å². The largest absolute Gasteiger partial charge is 0.207 e. The highest BCUT2D eigenvalue weighted by Gasteiger charge is 2.25. The summed E-state index contributed by atoms with van der Waals surface area (Å²) >= 11 is 0. The van der Waals surface area contributed by atoms with E-state index in [0.29, 0.717) is 11.5 Å². The number of rotatable bonds is 5. The van der Waals surface area contributed by atoms with E-state index in [2.05, 4.69) is 6.58 Å². The van der Waals surface area contributed by atoms with E-state index in [1.807, 2.05) is 25.1 Å². The maximum Gasteiger partial charge on any atom is 0.130 e. The average molecular weight is 340 g/mol. The van der Waals surface area contributed by atoms with Gasteiger partial charge in [-0.3, -0.25) is 0 Å². The smallest absolute Gasteiger partial charge is 0.130 e. The van der Waals surface area contributed by atoms with Crippen LogP contribution in [0.25, 0.3) is 11.1 Å². The van der Waals surface area contributed by atoms with Crippen molar-refractivity contribution in [3.05, 3.63) is 71.8 Å². The normalized spacial score (nSPS) is 20.4. The summed E-state index contributed by atoms with van der Waals surface area (Å²) in [7, 11) is 0. The molecule has 1 aliphatic rings. The first-order valence-corrected chi connectivity index (χ1v) is 9.26. The molecule has 132 valence electrons. The molecule has 0 saturated heterocycles. The first-order valence-electron chi connectivity index (χ1n) is 9.26. The third kappa shape index (κ3) is 4.00. The van der Waals surface area contributed by atoms with Crippen LogP contribution in [-0.2, 0) is 0 Å². The summed E-state index contributed by atoms with van der Waals surface area (Å²) < 4.78 is 28.1. The van der Waals surface area contributed by atoms with Gasteiger partial charge in [-0.2, -0.15) is 0 Å². The summed E-state index contributed by atoms with van der Waals surface area (Å²) in [5.74, 6) is 0.723. The van der Waals surface area contributed by atoms with E-state index in [-0.39, 0.29) is 11.6 Å². The van der Waals surface area contributed by atoms with Crippen molar-refractivity contribution in [2.24, 2.45) is 5.92 Å². The summed E-state index contributed by atoms with van der Waals surface area (Å²) in [6.45, 7) is 5.62. The van der Waals surface area contributed by atoms with Crippen LogP contribution >= 0.6 is 0 Å². The van der Waals surface area contributed by atoms with E-state index in [1.165, 1.54) is 31.4 Å². The fourth-order valence-corrected chi connectivity index (χ4v) is 4.08. The molecule has 0 atom stereocenters. The van der Waals surface area contributed by atoms with E-state index in [1.54, 1.807) is 12.1 Å². The molecule has 0 aliphatic heterocycles. The first kappa shape index (κ1) is 17.8. The number of hydrogen-bond acceptors (Lipinski definition) is 0. The molecule has 0 nitrogen and oxygen atoms in total. The molecule has 2 heteroatoms. The Morgan fingerprint density at radius 3 is 2.32 bits per heavy atom. The Labute approximate surface area is 149 Å². The van der Waals surface area contributed by atoms with Gasteiger partial charge < -0.3 is 0 Å². The van der Waals surface area contributed by atoms with Crippen LogP contribution in [0.2, 0.25) is 0 Å². The maximum atomic E-state index is 15.0. The zero-order chi connectivity index (χ0) is 17.8. The molecular weight excluding hydrogens is 314 g/mol. The Morgan fingerprint density at radius 2 is 1.68 bits per heavy atom. The monoisotopic (exact) mass is 340 g/mol. The van der Waals surface area contributed by atoms with E-state index in [9.17, 15) is 4.39 Å². The van der Waals surface area contributed by atoms with Crippen LogP contribution in [-0.4, -0.2) is 0 Å². The molecular formula is C23H26F2. The lowest BCUT2D eigenvalue weighted by Gasteiger charge is -2.29. The molecule has 3 rings (SSSR count). The Bertz CT molecular complexity index is 723. The topological polar surface area (TPSA) is 0 Å². The minimum atomic E-state index is -0.272. The second kappa shape index (κ2) is 7.95. The standard InChI is InChI=1S/C23H26F2/c1-3-4-5-17-6-8-19(9-7-17)22-15-14-21(16(2)23(22)25)18-10-12-20(24)13-11-18/h3,10-15,17,19H,1,4-9H2,2H3. The summed E-state index contributed by atoms with van der Waals surface area (Å²) in [6, 6.07) is 10.2. The van der Waals surface area contributed by atoms with Crippen molar-refractivity contribution in [3.63, 3.8) is 0 Å². The molecule has 0 radical (unpaired) electrons. The summed E-state index contributed by atoms with van der Waals surface area (Å²) in [5, 5.41) is 0. The van der Waals surface area contributed by atoms with Gasteiger partial charge in [0, 0.05) is 0 Å². The second-order valence-corrected chi connectivity index (χ2v) is 7.23. The Morgan fingerprint density at radius 1 is 1.00 bits per heavy atom. The fraction of sp³-hybridized carbons (Fsp3) is 0.391. The van der Waals surface area contributed by atoms with Crippen LogP contribution in [0.5, 0.6) is 0 Å². The minimum absolute atomic E-state index is 0.0867. The van der Waals surface area contributed by atoms with Gasteiger partial charge in [-0.25, -0.2) is 8.78 Å². The van der Waals surface area contributed by atoms with E-state index in [0.717, 1.165) is 41.9 Å². The SMILES string of the molecule is C=CCCC1CCC(c2ccc(-c3ccc(F)cc3)c(C)c2F)CC1. The number of hydrogen-bond donors (Lipinski definition) is 0. The van der Waals surface area contributed by atoms with Crippen LogP contribution < -0.4 is 0 Å². The predicted molar refractivity (Wildman–Crippen MR) is 101 cm³/mol. The van der Waals surface area contributed by atoms with Crippen molar-refractivity contribution >= 4 is 0 Å². The number of allylic oxidation sites excluding steroid dienone is 1. The molecule has 0 aromatic heterocycles. The Kier molecular flexibility index (Phi) is 5.67. The van der Waals surface area contributed by atoms with Gasteiger partial charge >= 0.3 is 0 Å². The first-order chi connectivity index (χ1) is 12.1. The van der Waals surface area contributed by atoms with Crippen LogP contribution in [0, 0.1) is 24.5 Å². The van der Waals surface area contributed by atoms with Crippen molar-refractivity contribution in [1.82, 2.24) is 0 Å². The lowest BCUT2D eigenvalue weighted by atomic mass is 9.76. The van der Waals surface area contributed by atoms with Crippen molar-refractivity contribution in [2.75, 3.05) is 0 Å². The highest BCUT2D eigenvalue weighted by atomic mass is 19.1. The average Bonchev–Trinajstić information content (AvgIpc) is 2.64. The molecule has 0 N–H and O–H groups in total. The van der Waals surface area contributed by atoms with Gasteiger partial charge in [0.1, 0.15) is 11.6 Å². The quantitative estimate of drug-likeness (QED) is 0.506. The lowest BCUT2D eigenvalue weighted by molar-refractivity contribution is 0.308. The Balaban J connectivity index is 1.77. The molecule has 0 spiro atoms. The van der Waals surface area contributed by atoms with Gasteiger partial charge in [0.25, 0.3) is 0 Å². The van der Waals surface area contributed by atoms with Gasteiger partial charge in [-0.05, 0) is 91.7 Å². The third-order valence-electron chi connectivity index (χ3n) is 5.64. The summed E-state index contributed by atoms with van der Waals surface area (Å²) in [5.41, 5.74) is 3.22. The molecule has 0 amide bonds. The van der Waals surface area contributed by atoms with Crippen LogP contribution in [0.1, 0.15) is 55.6 Å². The zero-order valence-electron chi connectivity index (χ0n) is 14.9. The highest BCUT2D eigenvalue weighted by Crippen LogP contribution is 2.40. The Hall–Kier alpha value is -1.96. The van der Waals surface area contributed by atoms with Crippen LogP contribution in [0.4, 0.5) is 8.78 Å². The maximum absolute atomic E-state index is 15.0.